The van der Waals surface area contributed by atoms with Gasteiger partial charge in [0.1, 0.15) is 6.54 Å². The molecule has 0 aliphatic heterocycles. The Bertz CT molecular complexity index is 464. The van der Waals surface area contributed by atoms with Crippen LogP contribution in [-0.2, 0) is 4.74 Å². The Balaban J connectivity index is 2.76. The molecule has 0 aliphatic carbocycles. The summed E-state index contributed by atoms with van der Waals surface area (Å²) in [6, 6.07) is 5.92. The lowest BCUT2D eigenvalue weighted by Gasteiger charge is -2.24. The van der Waals surface area contributed by atoms with Crippen LogP contribution in [0.15, 0.2) is 24.3 Å². The number of hydrogen-bond acceptors (Lipinski definition) is 3. The highest BCUT2D eigenvalue weighted by molar-refractivity contribution is 5.95. The van der Waals surface area contributed by atoms with Crippen molar-refractivity contribution in [2.24, 2.45) is 0 Å². The predicted octanol–water partition coefficient (Wildman–Crippen LogP) is 2.70. The number of halogens is 3. The van der Waals surface area contributed by atoms with Gasteiger partial charge in [-0.1, -0.05) is 6.07 Å². The molecule has 0 saturated carbocycles. The van der Waals surface area contributed by atoms with E-state index in [1.165, 1.54) is 18.2 Å². The van der Waals surface area contributed by atoms with Gasteiger partial charge in [-0.2, -0.15) is 13.2 Å². The summed E-state index contributed by atoms with van der Waals surface area (Å²) in [5, 5.41) is 0. The van der Waals surface area contributed by atoms with Crippen LogP contribution in [0, 0.1) is 0 Å². The quantitative estimate of drug-likeness (QED) is 0.622. The number of carbonyl (C=O) groups excluding carboxylic acids is 1. The summed E-state index contributed by atoms with van der Waals surface area (Å²) >= 11 is 0. The molecule has 21 heavy (non-hydrogen) atoms. The highest BCUT2D eigenvalue weighted by atomic mass is 19.4. The standard InChI is InChI=1S/C14H19F3N2O2/c1-2-21-8-4-7-19(10-14(15,16)17)13(20)11-5-3-6-12(18)9-11/h3,5-6,9H,2,4,7-8,10,18H2,1H3. The summed E-state index contributed by atoms with van der Waals surface area (Å²) in [5.41, 5.74) is 6.03. The molecular formula is C14H19F3N2O2. The number of alkyl halides is 3. The molecule has 0 radical (unpaired) electrons. The summed E-state index contributed by atoms with van der Waals surface area (Å²) < 4.78 is 42.8. The minimum atomic E-state index is -4.44. The largest absolute Gasteiger partial charge is 0.406 e. The molecule has 0 unspecified atom stereocenters. The molecule has 1 aromatic rings. The van der Waals surface area contributed by atoms with Crippen LogP contribution in [0.4, 0.5) is 18.9 Å². The number of carbonyl (C=O) groups is 1. The van der Waals surface area contributed by atoms with Crippen molar-refractivity contribution in [2.75, 3.05) is 32.0 Å². The van der Waals surface area contributed by atoms with Crippen molar-refractivity contribution in [1.29, 1.82) is 0 Å². The van der Waals surface area contributed by atoms with Crippen LogP contribution >= 0.6 is 0 Å². The van der Waals surface area contributed by atoms with E-state index in [0.717, 1.165) is 4.90 Å². The first-order valence-electron chi connectivity index (χ1n) is 6.63. The maximum atomic E-state index is 12.6. The summed E-state index contributed by atoms with van der Waals surface area (Å²) in [6.07, 6.45) is -4.10. The highest BCUT2D eigenvalue weighted by Crippen LogP contribution is 2.19. The number of anilines is 1. The summed E-state index contributed by atoms with van der Waals surface area (Å²) in [7, 11) is 0. The SMILES string of the molecule is CCOCCCN(CC(F)(F)F)C(=O)c1cccc(N)c1. The molecule has 0 heterocycles. The van der Waals surface area contributed by atoms with Crippen molar-refractivity contribution in [3.8, 4) is 0 Å². The zero-order valence-corrected chi connectivity index (χ0v) is 11.8. The smallest absolute Gasteiger partial charge is 0.399 e. The van der Waals surface area contributed by atoms with Crippen LogP contribution in [0.3, 0.4) is 0 Å². The molecule has 0 fully saturated rings. The fourth-order valence-electron chi connectivity index (χ4n) is 1.82. The Hall–Kier alpha value is -1.76. The van der Waals surface area contributed by atoms with Crippen molar-refractivity contribution in [1.82, 2.24) is 4.90 Å². The van der Waals surface area contributed by atoms with Crippen LogP contribution in [0.2, 0.25) is 0 Å². The Labute approximate surface area is 121 Å². The van der Waals surface area contributed by atoms with Gasteiger partial charge in [0.15, 0.2) is 0 Å². The third-order valence-electron chi connectivity index (χ3n) is 2.71. The van der Waals surface area contributed by atoms with E-state index in [1.807, 2.05) is 0 Å². The normalized spacial score (nSPS) is 11.4. The van der Waals surface area contributed by atoms with Gasteiger partial charge in [0, 0.05) is 31.0 Å². The molecule has 0 spiro atoms. The molecule has 118 valence electrons. The number of hydrogen-bond donors (Lipinski definition) is 1. The van der Waals surface area contributed by atoms with E-state index < -0.39 is 18.6 Å². The van der Waals surface area contributed by atoms with Crippen molar-refractivity contribution in [3.05, 3.63) is 29.8 Å². The van der Waals surface area contributed by atoms with Crippen LogP contribution in [-0.4, -0.2) is 43.3 Å². The molecule has 1 amide bonds. The van der Waals surface area contributed by atoms with E-state index in [1.54, 1.807) is 13.0 Å². The third kappa shape index (κ3) is 6.48. The van der Waals surface area contributed by atoms with Crippen molar-refractivity contribution < 1.29 is 22.7 Å². The number of benzene rings is 1. The predicted molar refractivity (Wildman–Crippen MR) is 73.9 cm³/mol. The molecule has 0 aliphatic rings. The average molecular weight is 304 g/mol. The van der Waals surface area contributed by atoms with E-state index in [2.05, 4.69) is 0 Å². The fraction of sp³-hybridized carbons (Fsp3) is 0.500. The lowest BCUT2D eigenvalue weighted by atomic mass is 10.1. The van der Waals surface area contributed by atoms with Crippen LogP contribution in [0.1, 0.15) is 23.7 Å². The minimum absolute atomic E-state index is 0.0207. The molecule has 0 aromatic heterocycles. The highest BCUT2D eigenvalue weighted by Gasteiger charge is 2.33. The number of amides is 1. The number of nitrogen functional groups attached to an aromatic ring is 1. The molecule has 4 nitrogen and oxygen atoms in total. The van der Waals surface area contributed by atoms with Gasteiger partial charge in [-0.05, 0) is 31.5 Å². The molecule has 2 N–H and O–H groups in total. The summed E-state index contributed by atoms with van der Waals surface area (Å²) in [6.45, 7) is 1.29. The second-order valence-corrected chi connectivity index (χ2v) is 4.52. The second kappa shape index (κ2) is 7.87. The summed E-state index contributed by atoms with van der Waals surface area (Å²) in [4.78, 5) is 12.9. The number of nitrogens with two attached hydrogens (primary N) is 1. The first kappa shape index (κ1) is 17.3. The van der Waals surface area contributed by atoms with E-state index in [-0.39, 0.29) is 12.1 Å². The molecule has 0 bridgehead atoms. The number of ether oxygens (including phenoxy) is 1. The van der Waals surface area contributed by atoms with Crippen molar-refractivity contribution >= 4 is 11.6 Å². The maximum Gasteiger partial charge on any atom is 0.406 e. The van der Waals surface area contributed by atoms with Crippen molar-refractivity contribution in [3.63, 3.8) is 0 Å². The van der Waals surface area contributed by atoms with Gasteiger partial charge >= 0.3 is 6.18 Å². The van der Waals surface area contributed by atoms with Gasteiger partial charge in [0.05, 0.1) is 0 Å². The molecular weight excluding hydrogens is 285 g/mol. The Morgan fingerprint density at radius 1 is 1.38 bits per heavy atom. The van der Waals surface area contributed by atoms with E-state index >= 15 is 0 Å². The lowest BCUT2D eigenvalue weighted by molar-refractivity contribution is -0.141. The lowest BCUT2D eigenvalue weighted by Crippen LogP contribution is -2.40. The first-order chi connectivity index (χ1) is 9.83. The third-order valence-corrected chi connectivity index (χ3v) is 2.71. The van der Waals surface area contributed by atoms with Crippen molar-refractivity contribution in [2.45, 2.75) is 19.5 Å². The molecule has 0 saturated heterocycles. The Kier molecular flexibility index (Phi) is 6.48. The van der Waals surface area contributed by atoms with E-state index in [0.29, 0.717) is 25.3 Å². The fourth-order valence-corrected chi connectivity index (χ4v) is 1.82. The zero-order chi connectivity index (χ0) is 15.9. The molecule has 0 atom stereocenters. The van der Waals surface area contributed by atoms with Crippen LogP contribution in [0.5, 0.6) is 0 Å². The Morgan fingerprint density at radius 2 is 2.10 bits per heavy atom. The average Bonchev–Trinajstić information content (AvgIpc) is 2.40. The summed E-state index contributed by atoms with van der Waals surface area (Å²) in [5.74, 6) is -0.684. The number of nitrogens with zero attached hydrogens (tertiary/aromatic N) is 1. The van der Waals surface area contributed by atoms with E-state index in [4.69, 9.17) is 10.5 Å². The second-order valence-electron chi connectivity index (χ2n) is 4.52. The molecule has 7 heteroatoms. The van der Waals surface area contributed by atoms with Gasteiger partial charge in [-0.25, -0.2) is 0 Å². The van der Waals surface area contributed by atoms with E-state index in [9.17, 15) is 18.0 Å². The van der Waals surface area contributed by atoms with Gasteiger partial charge < -0.3 is 15.4 Å². The van der Waals surface area contributed by atoms with Gasteiger partial charge in [0.25, 0.3) is 5.91 Å². The van der Waals surface area contributed by atoms with Gasteiger partial charge in [0.2, 0.25) is 0 Å². The first-order valence-corrected chi connectivity index (χ1v) is 6.63. The monoisotopic (exact) mass is 304 g/mol. The molecule has 1 aromatic carbocycles. The van der Waals surface area contributed by atoms with Gasteiger partial charge in [-0.3, -0.25) is 4.79 Å². The molecule has 1 rings (SSSR count). The van der Waals surface area contributed by atoms with Crippen LogP contribution in [0.25, 0.3) is 0 Å². The zero-order valence-electron chi connectivity index (χ0n) is 11.8. The minimum Gasteiger partial charge on any atom is -0.399 e. The number of rotatable bonds is 7. The topological polar surface area (TPSA) is 55.6 Å². The maximum absolute atomic E-state index is 12.6. The Morgan fingerprint density at radius 3 is 2.67 bits per heavy atom. The van der Waals surface area contributed by atoms with Crippen LogP contribution < -0.4 is 5.73 Å². The van der Waals surface area contributed by atoms with Gasteiger partial charge in [-0.15, -0.1) is 0 Å².